The Labute approximate surface area is 181 Å². The lowest BCUT2D eigenvalue weighted by Gasteiger charge is -2.13. The fourth-order valence-corrected chi connectivity index (χ4v) is 3.53. The number of aliphatic imine (C=N–C) groups is 1. The molecule has 3 aromatic rings. The van der Waals surface area contributed by atoms with Gasteiger partial charge in [-0.25, -0.2) is 9.79 Å². The fraction of sp³-hybridized carbons (Fsp3) is 0.130. The third kappa shape index (κ3) is 4.46. The number of ether oxygens (including phenoxy) is 3. The lowest BCUT2D eigenvalue weighted by atomic mass is 10.1. The van der Waals surface area contributed by atoms with Crippen molar-refractivity contribution >= 4 is 33.9 Å². The number of halogens is 1. The van der Waals surface area contributed by atoms with Crippen LogP contribution < -0.4 is 9.47 Å². The van der Waals surface area contributed by atoms with Gasteiger partial charge in [-0.3, -0.25) is 0 Å². The van der Waals surface area contributed by atoms with Gasteiger partial charge < -0.3 is 18.6 Å². The lowest BCUT2D eigenvalue weighted by molar-refractivity contribution is -0.130. The zero-order valence-electron chi connectivity index (χ0n) is 16.1. The molecule has 0 N–H and O–H groups in total. The van der Waals surface area contributed by atoms with Crippen LogP contribution in [0.5, 0.6) is 11.5 Å². The topological polar surface area (TPSA) is 70.3 Å². The zero-order valence-corrected chi connectivity index (χ0v) is 17.7. The van der Waals surface area contributed by atoms with Crippen molar-refractivity contribution in [2.45, 2.75) is 6.42 Å². The van der Waals surface area contributed by atoms with Crippen LogP contribution in [0.15, 0.2) is 80.4 Å². The number of benzene rings is 2. The summed E-state index contributed by atoms with van der Waals surface area (Å²) in [5, 5.41) is 0. The second kappa shape index (κ2) is 9.00. The molecule has 7 heteroatoms. The number of methoxy groups -OCH3 is 1. The van der Waals surface area contributed by atoms with E-state index in [4.69, 9.17) is 18.6 Å². The minimum absolute atomic E-state index is 0.142. The molecular weight excluding hydrogens is 450 g/mol. The number of esters is 1. The highest BCUT2D eigenvalue weighted by Crippen LogP contribution is 2.37. The molecule has 0 bridgehead atoms. The Kier molecular flexibility index (Phi) is 5.99. The van der Waals surface area contributed by atoms with Crippen LogP contribution >= 0.6 is 15.9 Å². The maximum Gasteiger partial charge on any atom is 0.363 e. The highest BCUT2D eigenvalue weighted by atomic mass is 79.9. The molecule has 0 fully saturated rings. The Morgan fingerprint density at radius 3 is 2.70 bits per heavy atom. The molecule has 2 heterocycles. The van der Waals surface area contributed by atoms with Crippen LogP contribution in [0.2, 0.25) is 0 Å². The first kappa shape index (κ1) is 20.0. The smallest absolute Gasteiger partial charge is 0.363 e. The summed E-state index contributed by atoms with van der Waals surface area (Å²) >= 11 is 3.53. The Bertz CT molecular complexity index is 1100. The second-order valence-corrected chi connectivity index (χ2v) is 7.29. The molecule has 0 saturated carbocycles. The van der Waals surface area contributed by atoms with E-state index in [1.165, 1.54) is 11.8 Å². The molecule has 0 amide bonds. The average molecular weight is 468 g/mol. The minimum Gasteiger partial charge on any atom is -0.493 e. The lowest BCUT2D eigenvalue weighted by Crippen LogP contribution is -2.04. The number of carbonyl (C=O) groups is 1. The maximum atomic E-state index is 12.2. The molecule has 0 saturated heterocycles. The van der Waals surface area contributed by atoms with Gasteiger partial charge in [0.05, 0.1) is 24.5 Å². The molecule has 1 aliphatic heterocycles. The number of hydrogen-bond donors (Lipinski definition) is 0. The number of nitrogens with zero attached hydrogens (tertiary/aromatic N) is 1. The molecule has 2 aromatic carbocycles. The van der Waals surface area contributed by atoms with Gasteiger partial charge in [-0.2, -0.15) is 0 Å². The van der Waals surface area contributed by atoms with E-state index < -0.39 is 5.97 Å². The fourth-order valence-electron chi connectivity index (χ4n) is 2.95. The van der Waals surface area contributed by atoms with E-state index >= 15 is 0 Å². The first-order valence-electron chi connectivity index (χ1n) is 9.25. The highest BCUT2D eigenvalue weighted by Gasteiger charge is 2.26. The Balaban J connectivity index is 1.53. The van der Waals surface area contributed by atoms with Gasteiger partial charge >= 0.3 is 5.97 Å². The standard InChI is InChI=1S/C23H18BrNO5/c1-27-20-14-16(13-18-23(26)30-22(25-18)19-8-5-10-28-19)12-17(24)21(20)29-11-9-15-6-3-2-4-7-15/h2-8,10,12-14H,9,11H2,1H3/b18-13-. The molecule has 0 radical (unpaired) electrons. The van der Waals surface area contributed by atoms with Crippen molar-refractivity contribution in [3.63, 3.8) is 0 Å². The monoisotopic (exact) mass is 467 g/mol. The van der Waals surface area contributed by atoms with Crippen LogP contribution in [0.1, 0.15) is 16.9 Å². The molecule has 4 rings (SSSR count). The van der Waals surface area contributed by atoms with Crippen molar-refractivity contribution in [3.05, 3.63) is 87.9 Å². The Hall–Kier alpha value is -3.32. The molecular formula is C23H18BrNO5. The van der Waals surface area contributed by atoms with Crippen molar-refractivity contribution in [1.29, 1.82) is 0 Å². The van der Waals surface area contributed by atoms with Crippen molar-refractivity contribution in [2.24, 2.45) is 4.99 Å². The normalized spacial score (nSPS) is 14.5. The second-order valence-electron chi connectivity index (χ2n) is 6.43. The number of furan rings is 1. The van der Waals surface area contributed by atoms with Gasteiger partial charge in [-0.15, -0.1) is 0 Å². The predicted octanol–water partition coefficient (Wildman–Crippen LogP) is 5.02. The van der Waals surface area contributed by atoms with E-state index in [1.807, 2.05) is 24.3 Å². The van der Waals surface area contributed by atoms with Gasteiger partial charge in [-0.1, -0.05) is 30.3 Å². The summed E-state index contributed by atoms with van der Waals surface area (Å²) < 4.78 is 22.6. The van der Waals surface area contributed by atoms with Crippen molar-refractivity contribution in [3.8, 4) is 11.5 Å². The molecule has 0 unspecified atom stereocenters. The number of rotatable bonds is 7. The summed E-state index contributed by atoms with van der Waals surface area (Å²) in [5.74, 6) is 1.14. The van der Waals surface area contributed by atoms with Crippen molar-refractivity contribution in [2.75, 3.05) is 13.7 Å². The van der Waals surface area contributed by atoms with E-state index in [-0.39, 0.29) is 11.6 Å². The van der Waals surface area contributed by atoms with E-state index in [0.29, 0.717) is 33.9 Å². The summed E-state index contributed by atoms with van der Waals surface area (Å²) in [6, 6.07) is 17.1. The summed E-state index contributed by atoms with van der Waals surface area (Å²) in [6.45, 7) is 0.503. The maximum absolute atomic E-state index is 12.2. The molecule has 0 aliphatic carbocycles. The van der Waals surface area contributed by atoms with Gasteiger partial charge in [0.25, 0.3) is 5.90 Å². The van der Waals surface area contributed by atoms with E-state index in [1.54, 1.807) is 31.4 Å². The summed E-state index contributed by atoms with van der Waals surface area (Å²) in [6.07, 6.45) is 3.89. The predicted molar refractivity (Wildman–Crippen MR) is 116 cm³/mol. The van der Waals surface area contributed by atoms with Gasteiger partial charge in [0.2, 0.25) is 0 Å². The van der Waals surface area contributed by atoms with E-state index in [0.717, 1.165) is 6.42 Å². The van der Waals surface area contributed by atoms with E-state index in [2.05, 4.69) is 33.1 Å². The van der Waals surface area contributed by atoms with Crippen LogP contribution in [0.4, 0.5) is 0 Å². The van der Waals surface area contributed by atoms with E-state index in [9.17, 15) is 4.79 Å². The zero-order chi connectivity index (χ0) is 20.9. The number of cyclic esters (lactones) is 1. The third-order valence-electron chi connectivity index (χ3n) is 4.39. The molecule has 152 valence electrons. The van der Waals surface area contributed by atoms with Crippen LogP contribution in [0.3, 0.4) is 0 Å². The van der Waals surface area contributed by atoms with Crippen molar-refractivity contribution in [1.82, 2.24) is 0 Å². The van der Waals surface area contributed by atoms with Gasteiger partial charge in [0.1, 0.15) is 0 Å². The molecule has 0 atom stereocenters. The van der Waals surface area contributed by atoms with Crippen LogP contribution in [0, 0.1) is 0 Å². The minimum atomic E-state index is -0.542. The Morgan fingerprint density at radius 1 is 1.13 bits per heavy atom. The van der Waals surface area contributed by atoms with Crippen molar-refractivity contribution < 1.29 is 23.4 Å². The number of hydrogen-bond acceptors (Lipinski definition) is 6. The molecule has 30 heavy (non-hydrogen) atoms. The number of carbonyl (C=O) groups excluding carboxylic acids is 1. The van der Waals surface area contributed by atoms with Gasteiger partial charge in [-0.05, 0) is 57.4 Å². The summed E-state index contributed by atoms with van der Waals surface area (Å²) in [4.78, 5) is 16.4. The summed E-state index contributed by atoms with van der Waals surface area (Å²) in [7, 11) is 1.57. The average Bonchev–Trinajstić information content (AvgIpc) is 3.40. The molecule has 1 aromatic heterocycles. The van der Waals surface area contributed by atoms with Crippen LogP contribution in [-0.4, -0.2) is 25.6 Å². The quantitative estimate of drug-likeness (QED) is 0.360. The Morgan fingerprint density at radius 2 is 1.97 bits per heavy atom. The molecule has 1 aliphatic rings. The first-order valence-corrected chi connectivity index (χ1v) is 10.0. The largest absolute Gasteiger partial charge is 0.493 e. The van der Waals surface area contributed by atoms with Gasteiger partial charge in [0, 0.05) is 6.42 Å². The van der Waals surface area contributed by atoms with Crippen LogP contribution in [0.25, 0.3) is 6.08 Å². The molecule has 0 spiro atoms. The van der Waals surface area contributed by atoms with Gasteiger partial charge in [0.15, 0.2) is 23.0 Å². The first-order chi connectivity index (χ1) is 14.6. The highest BCUT2D eigenvalue weighted by molar-refractivity contribution is 9.10. The summed E-state index contributed by atoms with van der Waals surface area (Å²) in [5.41, 5.74) is 2.08. The van der Waals surface area contributed by atoms with Crippen LogP contribution in [-0.2, 0) is 16.0 Å². The molecule has 6 nitrogen and oxygen atoms in total. The SMILES string of the molecule is COc1cc(/C=C2\N=C(c3ccco3)OC2=O)cc(Br)c1OCCc1ccccc1. The third-order valence-corrected chi connectivity index (χ3v) is 4.98.